The maximum absolute atomic E-state index is 15.1. The van der Waals surface area contributed by atoms with Crippen molar-refractivity contribution < 1.29 is 33.8 Å². The Bertz CT molecular complexity index is 1360. The Morgan fingerprint density at radius 2 is 1.85 bits per heavy atom. The molecule has 1 spiro atoms. The fraction of sp³-hybridized carbons (Fsp3) is 0.632. The van der Waals surface area contributed by atoms with Crippen LogP contribution in [0.4, 0.5) is 0 Å². The topological polar surface area (TPSA) is 125 Å². The number of benzene rings is 1. The number of nitrogens with zero attached hydrogens (tertiary/aromatic N) is 2. The number of aliphatic hydroxyl groups is 1. The molecule has 4 rings (SSSR count). The lowest BCUT2D eigenvalue weighted by Gasteiger charge is -2.46. The van der Waals surface area contributed by atoms with Crippen molar-refractivity contribution in [1.29, 1.82) is 0 Å². The fourth-order valence-corrected chi connectivity index (χ4v) is 8.37. The number of aliphatic hydroxyl groups excluding tert-OH is 1. The lowest BCUT2D eigenvalue weighted by atomic mass is 9.70. The van der Waals surface area contributed by atoms with Crippen LogP contribution in [0.15, 0.2) is 55.6 Å². The van der Waals surface area contributed by atoms with E-state index in [1.165, 1.54) is 4.90 Å². The van der Waals surface area contributed by atoms with Gasteiger partial charge in [-0.25, -0.2) is 0 Å². The SMILES string of the molecule is C=CCCC(=O)NC[C@@H](C)OC(=O)[C@@H]1[C@H]2C(=O)N([C@@H](CO)Cc3ccccc3)[C@H](C(=O)N(CC=C)C(C)(C)CC(C)(C)C)[C@]23CC[C@H]1O3. The number of amides is 3. The standard InChI is InChI=1S/C38H55N3O7/c1-9-11-17-29(43)39-22-25(3)47-35(46)30-28-18-19-38(48-28)31(30)33(44)41(27(23-42)21-26-15-13-12-14-16-26)32(38)34(45)40(20-10-2)37(7,8)24-36(4,5)6/h9-10,12-16,25,27-28,30-32,42H,1-2,11,17-24H2,3-8H3,(H,39,43)/t25-,27-,28-,30+,31+,32-,38+/m1/s1. The molecule has 0 aliphatic carbocycles. The van der Waals surface area contributed by atoms with Gasteiger partial charge in [0, 0.05) is 18.5 Å². The minimum Gasteiger partial charge on any atom is -0.460 e. The molecule has 0 unspecified atom stereocenters. The van der Waals surface area contributed by atoms with Gasteiger partial charge in [0.2, 0.25) is 17.7 Å². The maximum Gasteiger partial charge on any atom is 0.312 e. The lowest BCUT2D eigenvalue weighted by Crippen LogP contribution is -2.62. The van der Waals surface area contributed by atoms with Gasteiger partial charge in [0.25, 0.3) is 0 Å². The first kappa shape index (κ1) is 37.3. The summed E-state index contributed by atoms with van der Waals surface area (Å²) >= 11 is 0. The zero-order valence-electron chi connectivity index (χ0n) is 29.6. The number of allylic oxidation sites excluding steroid dienone is 1. The van der Waals surface area contributed by atoms with E-state index in [0.29, 0.717) is 32.1 Å². The molecule has 10 heteroatoms. The Morgan fingerprint density at radius 3 is 2.46 bits per heavy atom. The van der Waals surface area contributed by atoms with Crippen molar-refractivity contribution in [1.82, 2.24) is 15.1 Å². The molecule has 3 heterocycles. The minimum atomic E-state index is -1.26. The molecule has 0 saturated carbocycles. The zero-order valence-corrected chi connectivity index (χ0v) is 29.6. The second-order valence-corrected chi connectivity index (χ2v) is 15.5. The van der Waals surface area contributed by atoms with Gasteiger partial charge in [-0.1, -0.05) is 63.3 Å². The van der Waals surface area contributed by atoms with E-state index in [-0.39, 0.29) is 49.3 Å². The van der Waals surface area contributed by atoms with Crippen LogP contribution in [0.5, 0.6) is 0 Å². The van der Waals surface area contributed by atoms with Crippen LogP contribution in [-0.4, -0.2) is 93.7 Å². The molecule has 48 heavy (non-hydrogen) atoms. The number of hydrogen-bond donors (Lipinski definition) is 2. The number of esters is 1. The van der Waals surface area contributed by atoms with E-state index in [0.717, 1.165) is 5.56 Å². The van der Waals surface area contributed by atoms with Gasteiger partial charge in [0.05, 0.1) is 37.1 Å². The van der Waals surface area contributed by atoms with Crippen molar-refractivity contribution in [2.24, 2.45) is 17.3 Å². The van der Waals surface area contributed by atoms with E-state index >= 15 is 4.79 Å². The number of fused-ring (bicyclic) bond motifs is 1. The van der Waals surface area contributed by atoms with Gasteiger partial charge < -0.3 is 29.7 Å². The monoisotopic (exact) mass is 665 g/mol. The Hall–Kier alpha value is -3.50. The van der Waals surface area contributed by atoms with Crippen LogP contribution in [0.2, 0.25) is 0 Å². The van der Waals surface area contributed by atoms with Crippen LogP contribution < -0.4 is 5.32 Å². The average molecular weight is 666 g/mol. The lowest BCUT2D eigenvalue weighted by molar-refractivity contribution is -0.160. The first-order valence-corrected chi connectivity index (χ1v) is 17.3. The molecular formula is C38H55N3O7. The van der Waals surface area contributed by atoms with Crippen molar-refractivity contribution in [2.45, 2.75) is 115 Å². The highest BCUT2D eigenvalue weighted by molar-refractivity contribution is 5.98. The molecule has 264 valence electrons. The van der Waals surface area contributed by atoms with Gasteiger partial charge in [-0.2, -0.15) is 0 Å². The number of carbonyl (C=O) groups is 4. The quantitative estimate of drug-likeness (QED) is 0.200. The summed E-state index contributed by atoms with van der Waals surface area (Å²) in [6.45, 7) is 19.7. The molecule has 3 fully saturated rings. The van der Waals surface area contributed by atoms with Gasteiger partial charge in [0.15, 0.2) is 0 Å². The van der Waals surface area contributed by atoms with Crippen molar-refractivity contribution >= 4 is 23.7 Å². The van der Waals surface area contributed by atoms with E-state index in [1.807, 2.05) is 44.2 Å². The molecule has 2 N–H and O–H groups in total. The van der Waals surface area contributed by atoms with Crippen LogP contribution in [-0.2, 0) is 35.1 Å². The Kier molecular flexibility index (Phi) is 11.6. The van der Waals surface area contributed by atoms with E-state index in [1.54, 1.807) is 24.0 Å². The molecule has 0 radical (unpaired) electrons. The average Bonchev–Trinajstić information content (AvgIpc) is 3.66. The molecular weight excluding hydrogens is 610 g/mol. The molecule has 7 atom stereocenters. The largest absolute Gasteiger partial charge is 0.460 e. The third kappa shape index (κ3) is 7.70. The number of hydrogen-bond acceptors (Lipinski definition) is 7. The number of ether oxygens (including phenoxy) is 2. The first-order chi connectivity index (χ1) is 22.6. The fourth-order valence-electron chi connectivity index (χ4n) is 8.37. The molecule has 3 saturated heterocycles. The molecule has 2 bridgehead atoms. The first-order valence-electron chi connectivity index (χ1n) is 17.3. The van der Waals surface area contributed by atoms with Crippen molar-refractivity contribution in [3.05, 3.63) is 61.2 Å². The molecule has 3 aliphatic heterocycles. The summed E-state index contributed by atoms with van der Waals surface area (Å²) in [5.74, 6) is -3.29. The summed E-state index contributed by atoms with van der Waals surface area (Å²) in [5.41, 5.74) is -1.06. The molecule has 1 aromatic rings. The third-order valence-electron chi connectivity index (χ3n) is 9.91. The highest BCUT2D eigenvalue weighted by atomic mass is 16.6. The summed E-state index contributed by atoms with van der Waals surface area (Å²) < 4.78 is 12.5. The van der Waals surface area contributed by atoms with E-state index in [9.17, 15) is 19.5 Å². The minimum absolute atomic E-state index is 0.102. The molecule has 0 aromatic heterocycles. The van der Waals surface area contributed by atoms with E-state index in [4.69, 9.17) is 9.47 Å². The predicted octanol–water partition coefficient (Wildman–Crippen LogP) is 4.21. The summed E-state index contributed by atoms with van der Waals surface area (Å²) in [6, 6.07) is 7.76. The smallest absolute Gasteiger partial charge is 0.312 e. The van der Waals surface area contributed by atoms with Crippen molar-refractivity contribution in [3.63, 3.8) is 0 Å². The van der Waals surface area contributed by atoms with Gasteiger partial charge in [-0.3, -0.25) is 19.2 Å². The van der Waals surface area contributed by atoms with Crippen molar-refractivity contribution in [2.75, 3.05) is 19.7 Å². The van der Waals surface area contributed by atoms with Crippen LogP contribution >= 0.6 is 0 Å². The van der Waals surface area contributed by atoms with Gasteiger partial charge in [-0.15, -0.1) is 13.2 Å². The molecule has 10 nitrogen and oxygen atoms in total. The highest BCUT2D eigenvalue weighted by Crippen LogP contribution is 2.59. The number of nitrogens with one attached hydrogen (secondary N) is 1. The highest BCUT2D eigenvalue weighted by Gasteiger charge is 2.76. The summed E-state index contributed by atoms with van der Waals surface area (Å²) in [6.07, 6.45) is 4.87. The van der Waals surface area contributed by atoms with Crippen molar-refractivity contribution in [3.8, 4) is 0 Å². The number of likely N-dealkylation sites (tertiary alicyclic amines) is 1. The van der Waals surface area contributed by atoms with E-state index < -0.39 is 53.2 Å². The number of carbonyl (C=O) groups excluding carboxylic acids is 4. The second-order valence-electron chi connectivity index (χ2n) is 15.5. The van der Waals surface area contributed by atoms with Gasteiger partial charge in [0.1, 0.15) is 17.7 Å². The predicted molar refractivity (Wildman–Crippen MR) is 184 cm³/mol. The maximum atomic E-state index is 15.1. The molecule has 3 amide bonds. The van der Waals surface area contributed by atoms with Gasteiger partial charge in [-0.05, 0) is 63.9 Å². The Morgan fingerprint density at radius 1 is 1.17 bits per heavy atom. The zero-order chi connectivity index (χ0) is 35.4. The van der Waals surface area contributed by atoms with E-state index in [2.05, 4.69) is 39.2 Å². The summed E-state index contributed by atoms with van der Waals surface area (Å²) in [4.78, 5) is 59.1. The third-order valence-corrected chi connectivity index (χ3v) is 9.91. The second kappa shape index (κ2) is 14.9. The Labute approximate surface area is 285 Å². The summed E-state index contributed by atoms with van der Waals surface area (Å²) in [5, 5.41) is 13.6. The van der Waals surface area contributed by atoms with Crippen LogP contribution in [0.1, 0.15) is 79.2 Å². The van der Waals surface area contributed by atoms with Crippen LogP contribution in [0.25, 0.3) is 0 Å². The molecule has 3 aliphatic rings. The Balaban J connectivity index is 1.70. The molecule has 1 aromatic carbocycles. The van der Waals surface area contributed by atoms with Crippen LogP contribution in [0, 0.1) is 17.3 Å². The van der Waals surface area contributed by atoms with Gasteiger partial charge >= 0.3 is 5.97 Å². The summed E-state index contributed by atoms with van der Waals surface area (Å²) in [7, 11) is 0. The van der Waals surface area contributed by atoms with Crippen LogP contribution in [0.3, 0.4) is 0 Å². The normalized spacial score (nSPS) is 26.1. The number of rotatable bonds is 16.